The smallest absolute Gasteiger partial charge is 0.0969 e. The average Bonchev–Trinajstić information content (AvgIpc) is 3.08. The summed E-state index contributed by atoms with van der Waals surface area (Å²) in [6, 6.07) is 6.82. The Morgan fingerprint density at radius 1 is 1.44 bits per heavy atom. The van der Waals surface area contributed by atoms with Gasteiger partial charge in [0.15, 0.2) is 0 Å². The van der Waals surface area contributed by atoms with Gasteiger partial charge in [0.05, 0.1) is 17.6 Å². The van der Waals surface area contributed by atoms with Crippen LogP contribution in [0.4, 0.5) is 0 Å². The van der Waals surface area contributed by atoms with Crippen molar-refractivity contribution in [1.82, 2.24) is 20.3 Å². The van der Waals surface area contributed by atoms with Crippen LogP contribution in [0.25, 0.3) is 5.69 Å². The highest BCUT2D eigenvalue weighted by molar-refractivity contribution is 9.10. The van der Waals surface area contributed by atoms with Crippen LogP contribution < -0.4 is 5.32 Å². The molecule has 0 aliphatic heterocycles. The Hall–Kier alpha value is -1.20. The van der Waals surface area contributed by atoms with Crippen LogP contribution >= 0.6 is 15.9 Å². The van der Waals surface area contributed by atoms with Crippen LogP contribution in [-0.4, -0.2) is 21.0 Å². The number of nitrogens with zero attached hydrogens (tertiary/aromatic N) is 3. The van der Waals surface area contributed by atoms with Crippen molar-refractivity contribution in [3.63, 3.8) is 0 Å². The lowest BCUT2D eigenvalue weighted by Crippen LogP contribution is -2.15. The van der Waals surface area contributed by atoms with E-state index in [1.165, 1.54) is 18.4 Å². The van der Waals surface area contributed by atoms with Gasteiger partial charge in [0, 0.05) is 17.1 Å². The summed E-state index contributed by atoms with van der Waals surface area (Å²) in [6.07, 6.45) is 4.56. The van der Waals surface area contributed by atoms with Gasteiger partial charge in [-0.3, -0.25) is 0 Å². The van der Waals surface area contributed by atoms with E-state index in [0.29, 0.717) is 6.04 Å². The minimum absolute atomic E-state index is 0.695. The number of nitrogens with one attached hydrogen (secondary N) is 1. The third kappa shape index (κ3) is 2.47. The summed E-state index contributed by atoms with van der Waals surface area (Å²) in [5, 5.41) is 11.8. The molecule has 1 aliphatic carbocycles. The number of aryl methyl sites for hydroxylation is 1. The first-order chi connectivity index (χ1) is 8.74. The molecule has 1 saturated carbocycles. The number of hydrogen-bond donors (Lipinski definition) is 1. The van der Waals surface area contributed by atoms with Crippen molar-refractivity contribution >= 4 is 15.9 Å². The number of hydrogen-bond acceptors (Lipinski definition) is 3. The van der Waals surface area contributed by atoms with Gasteiger partial charge in [0.2, 0.25) is 0 Å². The second kappa shape index (κ2) is 4.82. The lowest BCUT2D eigenvalue weighted by molar-refractivity contribution is 0.671. The molecule has 1 N–H and O–H groups in total. The van der Waals surface area contributed by atoms with Crippen LogP contribution in [0, 0.1) is 6.92 Å². The summed E-state index contributed by atoms with van der Waals surface area (Å²) in [5.74, 6) is 0. The number of benzene rings is 1. The topological polar surface area (TPSA) is 42.7 Å². The van der Waals surface area contributed by atoms with E-state index in [9.17, 15) is 0 Å². The monoisotopic (exact) mass is 306 g/mol. The molecule has 2 aromatic rings. The van der Waals surface area contributed by atoms with Crippen molar-refractivity contribution in [2.45, 2.75) is 32.4 Å². The number of rotatable bonds is 4. The van der Waals surface area contributed by atoms with Crippen molar-refractivity contribution in [1.29, 1.82) is 0 Å². The molecular weight excluding hydrogens is 292 g/mol. The fourth-order valence-corrected chi connectivity index (χ4v) is 2.29. The van der Waals surface area contributed by atoms with E-state index in [-0.39, 0.29) is 0 Å². The highest BCUT2D eigenvalue weighted by atomic mass is 79.9. The van der Waals surface area contributed by atoms with Gasteiger partial charge in [-0.15, -0.1) is 5.10 Å². The highest BCUT2D eigenvalue weighted by Crippen LogP contribution is 2.24. The first-order valence-corrected chi connectivity index (χ1v) is 6.93. The molecule has 1 aromatic heterocycles. The molecule has 0 spiro atoms. The first-order valence-electron chi connectivity index (χ1n) is 6.14. The second-order valence-corrected chi connectivity index (χ2v) is 5.51. The quantitative estimate of drug-likeness (QED) is 0.944. The maximum absolute atomic E-state index is 4.19. The fraction of sp³-hybridized carbons (Fsp3) is 0.385. The predicted molar refractivity (Wildman–Crippen MR) is 73.7 cm³/mol. The van der Waals surface area contributed by atoms with Crippen LogP contribution in [0.3, 0.4) is 0 Å². The molecule has 0 bridgehead atoms. The van der Waals surface area contributed by atoms with Gasteiger partial charge < -0.3 is 5.32 Å². The van der Waals surface area contributed by atoms with E-state index >= 15 is 0 Å². The Balaban J connectivity index is 1.80. The Morgan fingerprint density at radius 2 is 2.28 bits per heavy atom. The van der Waals surface area contributed by atoms with E-state index in [1.807, 2.05) is 23.0 Å². The third-order valence-electron chi connectivity index (χ3n) is 3.11. The minimum Gasteiger partial charge on any atom is -0.308 e. The highest BCUT2D eigenvalue weighted by Gasteiger charge is 2.20. The van der Waals surface area contributed by atoms with Crippen LogP contribution in [0.5, 0.6) is 0 Å². The zero-order chi connectivity index (χ0) is 12.5. The van der Waals surface area contributed by atoms with Gasteiger partial charge >= 0.3 is 0 Å². The summed E-state index contributed by atoms with van der Waals surface area (Å²) < 4.78 is 2.89. The Morgan fingerprint density at radius 3 is 3.06 bits per heavy atom. The van der Waals surface area contributed by atoms with Gasteiger partial charge in [-0.1, -0.05) is 17.3 Å². The number of aromatic nitrogens is 3. The van der Waals surface area contributed by atoms with Crippen LogP contribution in [-0.2, 0) is 6.54 Å². The Kier molecular flexibility index (Phi) is 3.18. The molecule has 0 amide bonds. The first kappa shape index (κ1) is 11.9. The molecule has 1 fully saturated rings. The molecule has 0 radical (unpaired) electrons. The predicted octanol–water partition coefficient (Wildman–Crippen LogP) is 2.59. The summed E-state index contributed by atoms with van der Waals surface area (Å²) in [6.45, 7) is 2.87. The molecule has 94 valence electrons. The maximum Gasteiger partial charge on any atom is 0.0969 e. The molecular formula is C13H15BrN4. The average molecular weight is 307 g/mol. The molecule has 1 aliphatic rings. The molecule has 0 unspecified atom stereocenters. The summed E-state index contributed by atoms with van der Waals surface area (Å²) in [4.78, 5) is 0. The van der Waals surface area contributed by atoms with E-state index in [1.54, 1.807) is 0 Å². The molecule has 1 aromatic carbocycles. The van der Waals surface area contributed by atoms with Gasteiger partial charge in [0.25, 0.3) is 0 Å². The van der Waals surface area contributed by atoms with Crippen molar-refractivity contribution in [2.24, 2.45) is 0 Å². The van der Waals surface area contributed by atoms with Crippen LogP contribution in [0.15, 0.2) is 28.9 Å². The fourth-order valence-electron chi connectivity index (χ4n) is 1.84. The molecule has 5 heteroatoms. The molecule has 1 heterocycles. The molecule has 0 atom stereocenters. The standard InChI is InChI=1S/C13H15BrN4/c1-9-3-2-4-12(13(9)14)18-8-11(16-17-18)7-15-10-5-6-10/h2-4,8,10,15H,5-7H2,1H3. The van der Waals surface area contributed by atoms with E-state index in [0.717, 1.165) is 22.4 Å². The number of halogens is 1. The third-order valence-corrected chi connectivity index (χ3v) is 4.14. The van der Waals surface area contributed by atoms with E-state index in [2.05, 4.69) is 44.5 Å². The van der Waals surface area contributed by atoms with Gasteiger partial charge in [-0.05, 0) is 47.3 Å². The summed E-state index contributed by atoms with van der Waals surface area (Å²) in [7, 11) is 0. The zero-order valence-electron chi connectivity index (χ0n) is 10.2. The SMILES string of the molecule is Cc1cccc(-n2cc(CNC3CC3)nn2)c1Br. The lowest BCUT2D eigenvalue weighted by atomic mass is 10.2. The summed E-state index contributed by atoms with van der Waals surface area (Å²) >= 11 is 3.59. The minimum atomic E-state index is 0.695. The van der Waals surface area contributed by atoms with E-state index < -0.39 is 0 Å². The molecule has 3 rings (SSSR count). The molecule has 18 heavy (non-hydrogen) atoms. The molecule has 0 saturated heterocycles. The van der Waals surface area contributed by atoms with Crippen molar-refractivity contribution in [2.75, 3.05) is 0 Å². The van der Waals surface area contributed by atoms with Crippen LogP contribution in [0.2, 0.25) is 0 Å². The van der Waals surface area contributed by atoms with Crippen molar-refractivity contribution in [3.05, 3.63) is 40.1 Å². The largest absolute Gasteiger partial charge is 0.308 e. The Labute approximate surface area is 115 Å². The summed E-state index contributed by atoms with van der Waals surface area (Å²) in [5.41, 5.74) is 3.20. The van der Waals surface area contributed by atoms with Gasteiger partial charge in [-0.2, -0.15) is 0 Å². The van der Waals surface area contributed by atoms with Gasteiger partial charge in [-0.25, -0.2) is 4.68 Å². The lowest BCUT2D eigenvalue weighted by Gasteiger charge is -2.05. The maximum atomic E-state index is 4.19. The van der Waals surface area contributed by atoms with Crippen molar-refractivity contribution in [3.8, 4) is 5.69 Å². The normalized spacial score (nSPS) is 15.0. The van der Waals surface area contributed by atoms with Crippen LogP contribution in [0.1, 0.15) is 24.1 Å². The van der Waals surface area contributed by atoms with Gasteiger partial charge in [0.1, 0.15) is 0 Å². The second-order valence-electron chi connectivity index (χ2n) is 4.72. The van der Waals surface area contributed by atoms with E-state index in [4.69, 9.17) is 0 Å². The van der Waals surface area contributed by atoms with Crippen molar-refractivity contribution < 1.29 is 0 Å². The zero-order valence-corrected chi connectivity index (χ0v) is 11.8. The molecule has 4 nitrogen and oxygen atoms in total. The Bertz CT molecular complexity index is 560.